The Labute approximate surface area is 121 Å². The van der Waals surface area contributed by atoms with Crippen LogP contribution in [0.25, 0.3) is 11.0 Å². The molecule has 7 heteroatoms. The normalized spacial score (nSPS) is 11.7. The minimum absolute atomic E-state index is 0.217. The first kappa shape index (κ1) is 15.0. The van der Waals surface area contributed by atoms with Crippen molar-refractivity contribution in [1.82, 2.24) is 14.1 Å². The predicted octanol–water partition coefficient (Wildman–Crippen LogP) is 0.617. The molecule has 112 valence electrons. The number of carbonyl (C=O) groups excluding carboxylic acids is 1. The highest BCUT2D eigenvalue weighted by Crippen LogP contribution is 2.21. The van der Waals surface area contributed by atoms with Crippen LogP contribution in [0.4, 0.5) is 5.69 Å². The lowest BCUT2D eigenvalue weighted by atomic mass is 9.95. The van der Waals surface area contributed by atoms with Gasteiger partial charge >= 0.3 is 5.69 Å². The van der Waals surface area contributed by atoms with E-state index >= 15 is 0 Å². The third-order valence-corrected chi connectivity index (χ3v) is 3.27. The number of aryl methyl sites for hydroxylation is 1. The summed E-state index contributed by atoms with van der Waals surface area (Å²) in [5, 5.41) is 2.95. The van der Waals surface area contributed by atoms with E-state index in [0.717, 1.165) is 4.57 Å². The van der Waals surface area contributed by atoms with Crippen molar-refractivity contribution in [2.24, 2.45) is 19.5 Å². The van der Waals surface area contributed by atoms with E-state index < -0.39 is 16.7 Å². The molecule has 0 fully saturated rings. The van der Waals surface area contributed by atoms with Gasteiger partial charge in [-0.05, 0) is 6.07 Å². The molecule has 0 aliphatic rings. The number of hydrogen-bond acceptors (Lipinski definition) is 4. The van der Waals surface area contributed by atoms with Crippen LogP contribution >= 0.6 is 0 Å². The third kappa shape index (κ3) is 2.46. The molecule has 0 saturated carbocycles. The van der Waals surface area contributed by atoms with E-state index in [9.17, 15) is 14.4 Å². The van der Waals surface area contributed by atoms with Crippen molar-refractivity contribution in [2.75, 3.05) is 5.32 Å². The van der Waals surface area contributed by atoms with Crippen molar-refractivity contribution < 1.29 is 4.79 Å². The lowest BCUT2D eigenvalue weighted by molar-refractivity contribution is -0.123. The fourth-order valence-corrected chi connectivity index (χ4v) is 1.90. The molecule has 0 aromatic carbocycles. The monoisotopic (exact) mass is 290 g/mol. The van der Waals surface area contributed by atoms with E-state index in [1.807, 2.05) is 0 Å². The summed E-state index contributed by atoms with van der Waals surface area (Å²) in [5.41, 5.74) is -0.933. The zero-order valence-electron chi connectivity index (χ0n) is 12.7. The quantitative estimate of drug-likeness (QED) is 0.834. The zero-order chi connectivity index (χ0) is 15.9. The highest BCUT2D eigenvalue weighted by molar-refractivity contribution is 6.01. The molecule has 2 aromatic rings. The minimum Gasteiger partial charge on any atom is -0.325 e. The van der Waals surface area contributed by atoms with Crippen LogP contribution in [0.15, 0.2) is 21.9 Å². The van der Waals surface area contributed by atoms with Gasteiger partial charge in [0.25, 0.3) is 5.56 Å². The number of anilines is 1. The Morgan fingerprint density at radius 2 is 1.81 bits per heavy atom. The summed E-state index contributed by atoms with van der Waals surface area (Å²) >= 11 is 0. The molecular weight excluding hydrogens is 272 g/mol. The first-order valence-electron chi connectivity index (χ1n) is 6.51. The maximum atomic E-state index is 12.3. The number of pyridine rings is 1. The zero-order valence-corrected chi connectivity index (χ0v) is 12.7. The van der Waals surface area contributed by atoms with Crippen molar-refractivity contribution in [3.05, 3.63) is 33.1 Å². The number of rotatable bonds is 1. The fourth-order valence-electron chi connectivity index (χ4n) is 1.90. The summed E-state index contributed by atoms with van der Waals surface area (Å²) in [4.78, 5) is 40.4. The van der Waals surface area contributed by atoms with Crippen molar-refractivity contribution in [1.29, 1.82) is 0 Å². The molecule has 0 spiro atoms. The predicted molar refractivity (Wildman–Crippen MR) is 80.3 cm³/mol. The van der Waals surface area contributed by atoms with E-state index in [4.69, 9.17) is 0 Å². The molecule has 0 unspecified atom stereocenters. The number of aromatic nitrogens is 3. The Morgan fingerprint density at radius 3 is 2.38 bits per heavy atom. The van der Waals surface area contributed by atoms with Gasteiger partial charge in [0.15, 0.2) is 5.65 Å². The summed E-state index contributed by atoms with van der Waals surface area (Å²) < 4.78 is 2.28. The van der Waals surface area contributed by atoms with Gasteiger partial charge in [0.05, 0.1) is 5.69 Å². The van der Waals surface area contributed by atoms with Crippen LogP contribution in [-0.4, -0.2) is 20.0 Å². The van der Waals surface area contributed by atoms with Crippen LogP contribution in [0, 0.1) is 5.41 Å². The second-order valence-electron chi connectivity index (χ2n) is 5.97. The summed E-state index contributed by atoms with van der Waals surface area (Å²) in [5.74, 6) is -0.217. The molecule has 21 heavy (non-hydrogen) atoms. The van der Waals surface area contributed by atoms with Gasteiger partial charge in [-0.25, -0.2) is 9.78 Å². The molecule has 1 N–H and O–H groups in total. The second-order valence-corrected chi connectivity index (χ2v) is 5.97. The maximum Gasteiger partial charge on any atom is 0.332 e. The summed E-state index contributed by atoms with van der Waals surface area (Å²) in [7, 11) is 2.93. The number of nitrogens with one attached hydrogen (secondary N) is 1. The van der Waals surface area contributed by atoms with Crippen LogP contribution in [-0.2, 0) is 18.9 Å². The maximum absolute atomic E-state index is 12.3. The molecule has 2 rings (SSSR count). The van der Waals surface area contributed by atoms with Crippen molar-refractivity contribution in [3.63, 3.8) is 0 Å². The summed E-state index contributed by atoms with van der Waals surface area (Å²) in [6.45, 7) is 5.33. The molecule has 0 bridgehead atoms. The molecule has 7 nitrogen and oxygen atoms in total. The number of fused-ring (bicyclic) bond motifs is 1. The van der Waals surface area contributed by atoms with Crippen LogP contribution in [0.1, 0.15) is 20.8 Å². The number of carbonyl (C=O) groups is 1. The van der Waals surface area contributed by atoms with Crippen LogP contribution in [0.3, 0.4) is 0 Å². The van der Waals surface area contributed by atoms with E-state index in [1.165, 1.54) is 24.9 Å². The van der Waals surface area contributed by atoms with Gasteiger partial charge in [0.1, 0.15) is 5.39 Å². The molecule has 0 aliphatic carbocycles. The first-order chi connectivity index (χ1) is 9.64. The van der Waals surface area contributed by atoms with Crippen molar-refractivity contribution in [2.45, 2.75) is 20.8 Å². The van der Waals surface area contributed by atoms with Crippen LogP contribution < -0.4 is 16.6 Å². The lowest BCUT2D eigenvalue weighted by Gasteiger charge is -2.18. The van der Waals surface area contributed by atoms with Gasteiger partial charge in [-0.15, -0.1) is 0 Å². The average molecular weight is 290 g/mol. The Kier molecular flexibility index (Phi) is 3.44. The summed E-state index contributed by atoms with van der Waals surface area (Å²) in [6, 6.07) is 1.55. The SMILES string of the molecule is Cn1c(=O)c2c(NC(=O)C(C)(C)C)ccnc2n(C)c1=O. The largest absolute Gasteiger partial charge is 0.332 e. The van der Waals surface area contributed by atoms with Gasteiger partial charge < -0.3 is 5.32 Å². The second kappa shape index (κ2) is 4.83. The molecule has 1 amide bonds. The van der Waals surface area contributed by atoms with E-state index in [2.05, 4.69) is 10.3 Å². The van der Waals surface area contributed by atoms with Gasteiger partial charge in [0, 0.05) is 25.7 Å². The van der Waals surface area contributed by atoms with Crippen LogP contribution in [0.2, 0.25) is 0 Å². The third-order valence-electron chi connectivity index (χ3n) is 3.27. The van der Waals surface area contributed by atoms with E-state index in [0.29, 0.717) is 5.69 Å². The molecule has 0 saturated heterocycles. The van der Waals surface area contributed by atoms with Gasteiger partial charge in [-0.3, -0.25) is 18.7 Å². The molecule has 2 aromatic heterocycles. The summed E-state index contributed by atoms with van der Waals surface area (Å²) in [6.07, 6.45) is 1.46. The number of hydrogen-bond donors (Lipinski definition) is 1. The molecule has 2 heterocycles. The van der Waals surface area contributed by atoms with Gasteiger partial charge in [0.2, 0.25) is 5.91 Å². The number of amides is 1. The van der Waals surface area contributed by atoms with Gasteiger partial charge in [-0.1, -0.05) is 20.8 Å². The topological polar surface area (TPSA) is 86.0 Å². The Balaban J connectivity index is 2.76. The Bertz CT molecular complexity index is 840. The molecule has 0 radical (unpaired) electrons. The smallest absolute Gasteiger partial charge is 0.325 e. The average Bonchev–Trinajstić information content (AvgIpc) is 2.41. The standard InChI is InChI=1S/C14H18N4O3/c1-14(2,3)12(20)16-8-6-7-15-10-9(8)11(19)18(5)13(21)17(10)4/h6-7H,1-5H3,(H,15,16,20). The number of nitrogens with zero attached hydrogens (tertiary/aromatic N) is 3. The van der Waals surface area contributed by atoms with Gasteiger partial charge in [-0.2, -0.15) is 0 Å². The van der Waals surface area contributed by atoms with E-state index in [1.54, 1.807) is 26.8 Å². The van der Waals surface area contributed by atoms with E-state index in [-0.39, 0.29) is 16.9 Å². The van der Waals surface area contributed by atoms with Crippen molar-refractivity contribution in [3.8, 4) is 0 Å². The molecule has 0 atom stereocenters. The minimum atomic E-state index is -0.596. The lowest BCUT2D eigenvalue weighted by Crippen LogP contribution is -2.38. The fraction of sp³-hybridized carbons (Fsp3) is 0.429. The van der Waals surface area contributed by atoms with Crippen molar-refractivity contribution >= 4 is 22.6 Å². The Hall–Kier alpha value is -2.44. The van der Waals surface area contributed by atoms with Crippen LogP contribution in [0.5, 0.6) is 0 Å². The molecular formula is C14H18N4O3. The first-order valence-corrected chi connectivity index (χ1v) is 6.51. The Morgan fingerprint density at radius 1 is 1.19 bits per heavy atom. The highest BCUT2D eigenvalue weighted by atomic mass is 16.2. The molecule has 0 aliphatic heterocycles. The highest BCUT2D eigenvalue weighted by Gasteiger charge is 2.23.